The van der Waals surface area contributed by atoms with Crippen molar-refractivity contribution in [2.45, 2.75) is 6.42 Å². The Labute approximate surface area is 80.8 Å². The standard InChI is InChI=1S/C10H10FNO2/c11-8-4-1-3-7(10(13)14)9(8)12-5-2-6-12/h1,3-4H,2,5-6H2,(H,13,14). The molecular formula is C10H10FNO2. The molecule has 2 rings (SSSR count). The van der Waals surface area contributed by atoms with Crippen molar-refractivity contribution in [3.63, 3.8) is 0 Å². The summed E-state index contributed by atoms with van der Waals surface area (Å²) < 4.78 is 13.4. The maximum atomic E-state index is 13.4. The number of nitrogens with zero attached hydrogens (tertiary/aromatic N) is 1. The van der Waals surface area contributed by atoms with Gasteiger partial charge in [-0.15, -0.1) is 0 Å². The molecule has 0 aromatic heterocycles. The fourth-order valence-corrected chi connectivity index (χ4v) is 1.55. The number of anilines is 1. The molecule has 1 aromatic carbocycles. The van der Waals surface area contributed by atoms with E-state index in [1.54, 1.807) is 4.90 Å². The van der Waals surface area contributed by atoms with Gasteiger partial charge in [0.2, 0.25) is 0 Å². The number of benzene rings is 1. The number of hydrogen-bond donors (Lipinski definition) is 1. The molecular weight excluding hydrogens is 185 g/mol. The van der Waals surface area contributed by atoms with Crippen LogP contribution in [0.1, 0.15) is 16.8 Å². The van der Waals surface area contributed by atoms with Gasteiger partial charge in [-0.3, -0.25) is 0 Å². The fourth-order valence-electron chi connectivity index (χ4n) is 1.55. The van der Waals surface area contributed by atoms with Crippen LogP contribution in [-0.4, -0.2) is 24.2 Å². The van der Waals surface area contributed by atoms with Gasteiger partial charge in [0.1, 0.15) is 5.82 Å². The number of carboxylic acids is 1. The number of aromatic carboxylic acids is 1. The topological polar surface area (TPSA) is 40.5 Å². The minimum Gasteiger partial charge on any atom is -0.478 e. The average molecular weight is 195 g/mol. The number of hydrogen-bond acceptors (Lipinski definition) is 2. The minimum atomic E-state index is -1.08. The van der Waals surface area contributed by atoms with E-state index in [-0.39, 0.29) is 11.3 Å². The molecule has 1 saturated heterocycles. The summed E-state index contributed by atoms with van der Waals surface area (Å²) in [4.78, 5) is 12.6. The van der Waals surface area contributed by atoms with E-state index in [0.29, 0.717) is 0 Å². The van der Waals surface area contributed by atoms with Crippen molar-refractivity contribution >= 4 is 11.7 Å². The molecule has 0 bridgehead atoms. The number of halogens is 1. The van der Waals surface area contributed by atoms with Gasteiger partial charge in [-0.2, -0.15) is 0 Å². The van der Waals surface area contributed by atoms with Crippen molar-refractivity contribution in [1.82, 2.24) is 0 Å². The smallest absolute Gasteiger partial charge is 0.337 e. The lowest BCUT2D eigenvalue weighted by Crippen LogP contribution is -2.38. The molecule has 1 aromatic rings. The van der Waals surface area contributed by atoms with Crippen LogP contribution >= 0.6 is 0 Å². The molecule has 3 nitrogen and oxygen atoms in total. The third-order valence-electron chi connectivity index (χ3n) is 2.39. The molecule has 0 spiro atoms. The molecule has 0 saturated carbocycles. The van der Waals surface area contributed by atoms with Crippen molar-refractivity contribution in [2.24, 2.45) is 0 Å². The van der Waals surface area contributed by atoms with Crippen LogP contribution in [0.5, 0.6) is 0 Å². The first-order valence-corrected chi connectivity index (χ1v) is 4.47. The lowest BCUT2D eigenvalue weighted by atomic mass is 10.1. The lowest BCUT2D eigenvalue weighted by Gasteiger charge is -2.34. The van der Waals surface area contributed by atoms with Gasteiger partial charge in [0.05, 0.1) is 11.3 Å². The first-order valence-electron chi connectivity index (χ1n) is 4.47. The predicted molar refractivity (Wildman–Crippen MR) is 50.2 cm³/mol. The van der Waals surface area contributed by atoms with E-state index in [4.69, 9.17) is 5.11 Å². The highest BCUT2D eigenvalue weighted by Crippen LogP contribution is 2.28. The van der Waals surface area contributed by atoms with Gasteiger partial charge in [-0.05, 0) is 18.6 Å². The van der Waals surface area contributed by atoms with E-state index in [1.807, 2.05) is 0 Å². The summed E-state index contributed by atoms with van der Waals surface area (Å²) in [5.74, 6) is -1.53. The van der Waals surface area contributed by atoms with Crippen LogP contribution in [0.2, 0.25) is 0 Å². The summed E-state index contributed by atoms with van der Waals surface area (Å²) in [7, 11) is 0. The second kappa shape index (κ2) is 3.29. The van der Waals surface area contributed by atoms with Crippen molar-refractivity contribution < 1.29 is 14.3 Å². The number of para-hydroxylation sites is 1. The van der Waals surface area contributed by atoms with E-state index < -0.39 is 11.8 Å². The van der Waals surface area contributed by atoms with E-state index in [9.17, 15) is 9.18 Å². The van der Waals surface area contributed by atoms with Crippen molar-refractivity contribution in [3.05, 3.63) is 29.6 Å². The Morgan fingerprint density at radius 3 is 2.64 bits per heavy atom. The first kappa shape index (κ1) is 8.99. The molecule has 0 aliphatic carbocycles. The van der Waals surface area contributed by atoms with E-state index in [0.717, 1.165) is 19.5 Å². The SMILES string of the molecule is O=C(O)c1cccc(F)c1N1CCC1. The summed E-state index contributed by atoms with van der Waals surface area (Å²) in [6.07, 6.45) is 0.993. The van der Waals surface area contributed by atoms with Crippen LogP contribution < -0.4 is 4.90 Å². The van der Waals surface area contributed by atoms with E-state index >= 15 is 0 Å². The lowest BCUT2D eigenvalue weighted by molar-refractivity contribution is 0.0697. The van der Waals surface area contributed by atoms with E-state index in [2.05, 4.69) is 0 Å². The van der Waals surface area contributed by atoms with Crippen molar-refractivity contribution in [1.29, 1.82) is 0 Å². The summed E-state index contributed by atoms with van der Waals surface area (Å²) >= 11 is 0. The Bertz CT molecular complexity index is 374. The highest BCUT2D eigenvalue weighted by molar-refractivity contribution is 5.94. The van der Waals surface area contributed by atoms with Crippen LogP contribution in [-0.2, 0) is 0 Å². The molecule has 74 valence electrons. The Morgan fingerprint density at radius 1 is 1.43 bits per heavy atom. The molecule has 1 aliphatic heterocycles. The number of rotatable bonds is 2. The Kier molecular flexibility index (Phi) is 2.11. The van der Waals surface area contributed by atoms with Crippen molar-refractivity contribution in [3.8, 4) is 0 Å². The predicted octanol–water partition coefficient (Wildman–Crippen LogP) is 1.73. The molecule has 0 amide bonds. The summed E-state index contributed by atoms with van der Waals surface area (Å²) in [6, 6.07) is 4.14. The van der Waals surface area contributed by atoms with Crippen LogP contribution in [0, 0.1) is 5.82 Å². The number of carboxylic acid groups (broad SMARTS) is 1. The third-order valence-corrected chi connectivity index (χ3v) is 2.39. The molecule has 4 heteroatoms. The highest BCUT2D eigenvalue weighted by Gasteiger charge is 2.23. The third kappa shape index (κ3) is 1.32. The van der Waals surface area contributed by atoms with Gasteiger partial charge in [0.25, 0.3) is 0 Å². The van der Waals surface area contributed by atoms with Crippen LogP contribution in [0.25, 0.3) is 0 Å². The summed E-state index contributed by atoms with van der Waals surface area (Å²) in [5, 5.41) is 8.87. The van der Waals surface area contributed by atoms with Gasteiger partial charge in [0, 0.05) is 13.1 Å². The summed E-state index contributed by atoms with van der Waals surface area (Å²) in [6.45, 7) is 1.47. The number of carbonyl (C=O) groups is 1. The molecule has 1 fully saturated rings. The van der Waals surface area contributed by atoms with Crippen LogP contribution in [0.3, 0.4) is 0 Å². The van der Waals surface area contributed by atoms with Crippen molar-refractivity contribution in [2.75, 3.05) is 18.0 Å². The zero-order valence-electron chi connectivity index (χ0n) is 7.53. The first-order chi connectivity index (χ1) is 6.70. The average Bonchev–Trinajstić information content (AvgIpc) is 2.04. The fraction of sp³-hybridized carbons (Fsp3) is 0.300. The zero-order chi connectivity index (χ0) is 10.1. The highest BCUT2D eigenvalue weighted by atomic mass is 19.1. The molecule has 0 radical (unpaired) electrons. The van der Waals surface area contributed by atoms with Gasteiger partial charge < -0.3 is 10.0 Å². The summed E-state index contributed by atoms with van der Waals surface area (Å²) in [5.41, 5.74) is 0.274. The molecule has 1 aliphatic rings. The van der Waals surface area contributed by atoms with Gasteiger partial charge in [-0.25, -0.2) is 9.18 Å². The Morgan fingerprint density at radius 2 is 2.14 bits per heavy atom. The molecule has 0 atom stereocenters. The van der Waals surface area contributed by atoms with Gasteiger partial charge in [-0.1, -0.05) is 6.07 Å². The normalized spacial score (nSPS) is 15.1. The largest absolute Gasteiger partial charge is 0.478 e. The van der Waals surface area contributed by atoms with E-state index in [1.165, 1.54) is 18.2 Å². The van der Waals surface area contributed by atoms with Crippen LogP contribution in [0.4, 0.5) is 10.1 Å². The maximum absolute atomic E-state index is 13.4. The zero-order valence-corrected chi connectivity index (χ0v) is 7.53. The minimum absolute atomic E-state index is 0.0460. The van der Waals surface area contributed by atoms with Gasteiger partial charge >= 0.3 is 5.97 Å². The second-order valence-corrected chi connectivity index (χ2v) is 3.28. The van der Waals surface area contributed by atoms with Crippen LogP contribution in [0.15, 0.2) is 18.2 Å². The molecule has 1 heterocycles. The molecule has 14 heavy (non-hydrogen) atoms. The molecule has 0 unspecified atom stereocenters. The quantitative estimate of drug-likeness (QED) is 0.781. The maximum Gasteiger partial charge on any atom is 0.337 e. The Hall–Kier alpha value is -1.58. The molecule has 1 N–H and O–H groups in total. The monoisotopic (exact) mass is 195 g/mol. The van der Waals surface area contributed by atoms with Gasteiger partial charge in [0.15, 0.2) is 0 Å². The second-order valence-electron chi connectivity index (χ2n) is 3.28. The Balaban J connectivity index is 2.47.